The van der Waals surface area contributed by atoms with Gasteiger partial charge in [-0.3, -0.25) is 0 Å². The van der Waals surface area contributed by atoms with Crippen LogP contribution in [0.25, 0.3) is 0 Å². The van der Waals surface area contributed by atoms with Gasteiger partial charge >= 0.3 is 0 Å². The molecule has 0 heterocycles. The molecular formula is C22H24IP. The van der Waals surface area contributed by atoms with Crippen LogP contribution in [-0.4, -0.2) is 4.43 Å². The highest BCUT2D eigenvalue weighted by Gasteiger charge is 2.14. The highest BCUT2D eigenvalue weighted by Crippen LogP contribution is 2.32. The van der Waals surface area contributed by atoms with E-state index in [1.165, 1.54) is 33.2 Å². The van der Waals surface area contributed by atoms with E-state index in [0.717, 1.165) is 0 Å². The monoisotopic (exact) mass is 446 g/mol. The molecular weight excluding hydrogens is 422 g/mol. The van der Waals surface area contributed by atoms with Crippen molar-refractivity contribution in [2.75, 3.05) is 4.43 Å². The number of benzene rings is 3. The van der Waals surface area contributed by atoms with Crippen LogP contribution < -0.4 is 15.9 Å². The molecule has 3 aromatic rings. The van der Waals surface area contributed by atoms with Gasteiger partial charge in [-0.15, -0.1) is 0 Å². The van der Waals surface area contributed by atoms with Gasteiger partial charge in [0.15, 0.2) is 0 Å². The van der Waals surface area contributed by atoms with E-state index in [2.05, 4.69) is 121 Å². The molecule has 0 radical (unpaired) electrons. The molecule has 0 saturated heterocycles. The Hall–Kier alpha value is -1.18. The van der Waals surface area contributed by atoms with Crippen LogP contribution >= 0.6 is 30.5 Å². The lowest BCUT2D eigenvalue weighted by molar-refractivity contribution is 0.907. The molecule has 2 heteroatoms. The average molecular weight is 446 g/mol. The Morgan fingerprint density at radius 2 is 0.958 bits per heavy atom. The summed E-state index contributed by atoms with van der Waals surface area (Å²) in [4.78, 5) is 0. The van der Waals surface area contributed by atoms with Crippen molar-refractivity contribution in [3.05, 3.63) is 91.0 Å². The summed E-state index contributed by atoms with van der Waals surface area (Å²) < 4.78 is 1.31. The zero-order valence-corrected chi connectivity index (χ0v) is 17.2. The molecule has 24 heavy (non-hydrogen) atoms. The van der Waals surface area contributed by atoms with Crippen LogP contribution in [0.15, 0.2) is 91.0 Å². The molecule has 0 amide bonds. The zero-order valence-electron chi connectivity index (χ0n) is 14.1. The van der Waals surface area contributed by atoms with Crippen LogP contribution in [0.4, 0.5) is 0 Å². The first-order chi connectivity index (χ1) is 11.9. The van der Waals surface area contributed by atoms with E-state index in [4.69, 9.17) is 0 Å². The van der Waals surface area contributed by atoms with Gasteiger partial charge in [0.25, 0.3) is 0 Å². The van der Waals surface area contributed by atoms with Crippen LogP contribution in [0.3, 0.4) is 0 Å². The summed E-state index contributed by atoms with van der Waals surface area (Å²) in [5.41, 5.74) is 0. The third-order valence-electron chi connectivity index (χ3n) is 3.53. The molecule has 0 fully saturated rings. The van der Waals surface area contributed by atoms with Crippen LogP contribution in [0.2, 0.25) is 0 Å². The van der Waals surface area contributed by atoms with Crippen LogP contribution in [0.5, 0.6) is 0 Å². The van der Waals surface area contributed by atoms with Crippen LogP contribution in [-0.2, 0) is 0 Å². The Morgan fingerprint density at radius 1 is 0.625 bits per heavy atom. The minimum atomic E-state index is -0.446. The van der Waals surface area contributed by atoms with E-state index < -0.39 is 7.92 Å². The molecule has 0 spiro atoms. The van der Waals surface area contributed by atoms with E-state index in [9.17, 15) is 0 Å². The van der Waals surface area contributed by atoms with Crippen molar-refractivity contribution in [1.82, 2.24) is 0 Å². The molecule has 0 unspecified atom stereocenters. The minimum absolute atomic E-state index is 0.446. The SMILES string of the molecule is CCCCI.c1ccc(P(c2ccccc2)c2ccccc2)cc1. The van der Waals surface area contributed by atoms with E-state index in [1.54, 1.807) is 0 Å². The number of rotatable bonds is 5. The van der Waals surface area contributed by atoms with E-state index in [1.807, 2.05) is 0 Å². The van der Waals surface area contributed by atoms with Crippen molar-refractivity contribution in [2.45, 2.75) is 19.8 Å². The molecule has 0 aromatic heterocycles. The third kappa shape index (κ3) is 6.03. The Bertz CT molecular complexity index is 572. The van der Waals surface area contributed by atoms with Crippen molar-refractivity contribution in [3.8, 4) is 0 Å². The third-order valence-corrected chi connectivity index (χ3v) is 6.74. The van der Waals surface area contributed by atoms with Gasteiger partial charge < -0.3 is 0 Å². The standard InChI is InChI=1S/C18H15P.C4H9I/c1-4-10-16(11-5-1)19(17-12-6-2-7-13-17)18-14-8-3-9-15-18;1-2-3-4-5/h1-15H;2-4H2,1H3. The summed E-state index contributed by atoms with van der Waals surface area (Å²) in [6.45, 7) is 2.21. The highest BCUT2D eigenvalue weighted by atomic mass is 127. The first-order valence-corrected chi connectivity index (χ1v) is 11.2. The van der Waals surface area contributed by atoms with Crippen LogP contribution in [0.1, 0.15) is 19.8 Å². The fourth-order valence-corrected chi connectivity index (χ4v) is 5.38. The molecule has 0 bridgehead atoms. The number of halogens is 1. The molecule has 0 N–H and O–H groups in total. The molecule has 0 aliphatic rings. The largest absolute Gasteiger partial charge is 0.0864 e. The lowest BCUT2D eigenvalue weighted by atomic mass is 10.4. The van der Waals surface area contributed by atoms with Gasteiger partial charge in [0.1, 0.15) is 0 Å². The number of hydrogen-bond acceptors (Lipinski definition) is 0. The van der Waals surface area contributed by atoms with Gasteiger partial charge in [-0.25, -0.2) is 0 Å². The molecule has 0 aliphatic carbocycles. The molecule has 0 aliphatic heterocycles. The molecule has 3 aromatic carbocycles. The molecule has 124 valence electrons. The second-order valence-electron chi connectivity index (χ2n) is 5.38. The van der Waals surface area contributed by atoms with Gasteiger partial charge in [-0.2, -0.15) is 0 Å². The average Bonchev–Trinajstić information content (AvgIpc) is 2.66. The maximum absolute atomic E-state index is 2.39. The first kappa shape index (κ1) is 19.1. The van der Waals surface area contributed by atoms with Gasteiger partial charge in [0.2, 0.25) is 0 Å². The predicted molar refractivity (Wildman–Crippen MR) is 119 cm³/mol. The normalized spacial score (nSPS) is 10.1. The fraction of sp³-hybridized carbons (Fsp3) is 0.182. The summed E-state index contributed by atoms with van der Waals surface area (Å²) in [5.74, 6) is 0. The predicted octanol–water partition coefficient (Wildman–Crippen LogP) is 5.67. The summed E-state index contributed by atoms with van der Waals surface area (Å²) in [6.07, 6.45) is 2.71. The number of hydrogen-bond donors (Lipinski definition) is 0. The number of unbranched alkanes of at least 4 members (excludes halogenated alkanes) is 1. The van der Waals surface area contributed by atoms with Gasteiger partial charge in [-0.1, -0.05) is 127 Å². The maximum atomic E-state index is 2.39. The van der Waals surface area contributed by atoms with Crippen molar-refractivity contribution >= 4 is 46.4 Å². The van der Waals surface area contributed by atoms with Gasteiger partial charge in [0.05, 0.1) is 0 Å². The Morgan fingerprint density at radius 3 is 1.17 bits per heavy atom. The molecule has 0 atom stereocenters. The summed E-state index contributed by atoms with van der Waals surface area (Å²) in [5, 5.41) is 4.19. The van der Waals surface area contributed by atoms with Crippen LogP contribution in [0, 0.1) is 0 Å². The highest BCUT2D eigenvalue weighted by molar-refractivity contribution is 14.1. The Balaban J connectivity index is 0.000000368. The zero-order chi connectivity index (χ0) is 17.0. The summed E-state index contributed by atoms with van der Waals surface area (Å²) >= 11 is 2.39. The topological polar surface area (TPSA) is 0 Å². The van der Waals surface area contributed by atoms with Gasteiger partial charge in [-0.05, 0) is 34.7 Å². The van der Waals surface area contributed by atoms with E-state index >= 15 is 0 Å². The Labute approximate surface area is 161 Å². The second-order valence-corrected chi connectivity index (χ2v) is 8.68. The number of alkyl halides is 1. The fourth-order valence-electron chi connectivity index (χ4n) is 2.31. The second kappa shape index (κ2) is 11.4. The molecule has 0 nitrogen and oxygen atoms in total. The van der Waals surface area contributed by atoms with Gasteiger partial charge in [0, 0.05) is 0 Å². The lowest BCUT2D eigenvalue weighted by Gasteiger charge is -2.18. The lowest BCUT2D eigenvalue weighted by Crippen LogP contribution is -2.20. The smallest absolute Gasteiger partial charge is 0.000483 e. The molecule has 0 saturated carbocycles. The summed E-state index contributed by atoms with van der Waals surface area (Å²) in [7, 11) is -0.446. The van der Waals surface area contributed by atoms with E-state index in [0.29, 0.717) is 0 Å². The maximum Gasteiger partial charge on any atom is -0.000483 e. The minimum Gasteiger partial charge on any atom is -0.0864 e. The summed E-state index contributed by atoms with van der Waals surface area (Å²) in [6, 6.07) is 32.3. The molecule has 3 rings (SSSR count). The van der Waals surface area contributed by atoms with Crippen molar-refractivity contribution < 1.29 is 0 Å². The van der Waals surface area contributed by atoms with E-state index in [-0.39, 0.29) is 0 Å². The van der Waals surface area contributed by atoms with Crippen molar-refractivity contribution in [3.63, 3.8) is 0 Å². The van der Waals surface area contributed by atoms with Crippen molar-refractivity contribution in [1.29, 1.82) is 0 Å². The Kier molecular flexibility index (Phi) is 9.09. The quantitative estimate of drug-likeness (QED) is 0.269. The first-order valence-electron chi connectivity index (χ1n) is 8.38. The van der Waals surface area contributed by atoms with Crippen molar-refractivity contribution in [2.24, 2.45) is 0 Å².